The van der Waals surface area contributed by atoms with Crippen LogP contribution in [0.1, 0.15) is 58.8 Å². The van der Waals surface area contributed by atoms with Crippen LogP contribution < -0.4 is 5.32 Å². The number of allylic oxidation sites excluding steroid dienone is 2. The van der Waals surface area contributed by atoms with Gasteiger partial charge >= 0.3 is 0 Å². The summed E-state index contributed by atoms with van der Waals surface area (Å²) in [6.45, 7) is 5.90. The van der Waals surface area contributed by atoms with Crippen molar-refractivity contribution in [3.63, 3.8) is 0 Å². The van der Waals surface area contributed by atoms with Crippen LogP contribution in [-0.4, -0.2) is 12.6 Å². The number of hydrogen-bond acceptors (Lipinski definition) is 1. The SMILES string of the molecule is CC1=CC(C)CC(CNC2CCCCC2)C1. The average molecular weight is 221 g/mol. The van der Waals surface area contributed by atoms with Crippen LogP contribution in [0.25, 0.3) is 0 Å². The molecule has 0 aromatic heterocycles. The molecule has 2 rings (SSSR count). The lowest BCUT2D eigenvalue weighted by Crippen LogP contribution is -2.35. The van der Waals surface area contributed by atoms with Crippen molar-refractivity contribution in [2.24, 2.45) is 11.8 Å². The molecule has 16 heavy (non-hydrogen) atoms. The molecule has 1 nitrogen and oxygen atoms in total. The van der Waals surface area contributed by atoms with E-state index in [-0.39, 0.29) is 0 Å². The molecule has 1 N–H and O–H groups in total. The molecule has 1 heteroatoms. The fourth-order valence-corrected chi connectivity index (χ4v) is 3.48. The van der Waals surface area contributed by atoms with E-state index in [4.69, 9.17) is 0 Å². The summed E-state index contributed by atoms with van der Waals surface area (Å²) in [5.41, 5.74) is 1.61. The van der Waals surface area contributed by atoms with Crippen LogP contribution in [-0.2, 0) is 0 Å². The summed E-state index contributed by atoms with van der Waals surface area (Å²) in [7, 11) is 0. The van der Waals surface area contributed by atoms with Crippen LogP contribution in [0, 0.1) is 11.8 Å². The van der Waals surface area contributed by atoms with Gasteiger partial charge in [0.05, 0.1) is 0 Å². The van der Waals surface area contributed by atoms with E-state index >= 15 is 0 Å². The summed E-state index contributed by atoms with van der Waals surface area (Å²) in [4.78, 5) is 0. The second-order valence-electron chi connectivity index (χ2n) is 6.04. The second kappa shape index (κ2) is 5.86. The normalized spacial score (nSPS) is 32.5. The number of rotatable bonds is 3. The molecule has 2 aliphatic rings. The van der Waals surface area contributed by atoms with Crippen LogP contribution in [0.5, 0.6) is 0 Å². The first-order valence-electron chi connectivity index (χ1n) is 7.14. The van der Waals surface area contributed by atoms with E-state index in [0.717, 1.165) is 17.9 Å². The van der Waals surface area contributed by atoms with E-state index in [1.807, 2.05) is 0 Å². The topological polar surface area (TPSA) is 12.0 Å². The van der Waals surface area contributed by atoms with Gasteiger partial charge in [0.1, 0.15) is 0 Å². The van der Waals surface area contributed by atoms with Gasteiger partial charge in [-0.1, -0.05) is 37.8 Å². The van der Waals surface area contributed by atoms with Gasteiger partial charge in [0.15, 0.2) is 0 Å². The summed E-state index contributed by atoms with van der Waals surface area (Å²) in [6, 6.07) is 0.829. The maximum absolute atomic E-state index is 3.81. The van der Waals surface area contributed by atoms with Crippen molar-refractivity contribution in [3.8, 4) is 0 Å². The Morgan fingerprint density at radius 3 is 2.69 bits per heavy atom. The van der Waals surface area contributed by atoms with Crippen molar-refractivity contribution < 1.29 is 0 Å². The van der Waals surface area contributed by atoms with Gasteiger partial charge in [0, 0.05) is 6.04 Å². The van der Waals surface area contributed by atoms with Gasteiger partial charge in [0.2, 0.25) is 0 Å². The summed E-state index contributed by atoms with van der Waals surface area (Å²) in [5, 5.41) is 3.81. The van der Waals surface area contributed by atoms with Gasteiger partial charge in [0.25, 0.3) is 0 Å². The fourth-order valence-electron chi connectivity index (χ4n) is 3.48. The highest BCUT2D eigenvalue weighted by atomic mass is 14.9. The fraction of sp³-hybridized carbons (Fsp3) is 0.867. The molecular weight excluding hydrogens is 194 g/mol. The van der Waals surface area contributed by atoms with Gasteiger partial charge in [-0.25, -0.2) is 0 Å². The Morgan fingerprint density at radius 2 is 2.00 bits per heavy atom. The average Bonchev–Trinajstić information content (AvgIpc) is 2.27. The highest BCUT2D eigenvalue weighted by molar-refractivity contribution is 5.06. The highest BCUT2D eigenvalue weighted by Crippen LogP contribution is 2.27. The molecule has 0 saturated heterocycles. The third-order valence-electron chi connectivity index (χ3n) is 4.19. The molecule has 0 amide bonds. The Kier molecular flexibility index (Phi) is 4.45. The quantitative estimate of drug-likeness (QED) is 0.713. The van der Waals surface area contributed by atoms with Crippen LogP contribution in [0.3, 0.4) is 0 Å². The lowest BCUT2D eigenvalue weighted by Gasteiger charge is -2.29. The maximum Gasteiger partial charge on any atom is 0.00671 e. The smallest absolute Gasteiger partial charge is 0.00671 e. The van der Waals surface area contributed by atoms with Crippen molar-refractivity contribution in [1.29, 1.82) is 0 Å². The van der Waals surface area contributed by atoms with Gasteiger partial charge in [-0.3, -0.25) is 0 Å². The standard InChI is InChI=1S/C15H27N/c1-12-8-13(2)10-14(9-12)11-16-15-6-4-3-5-7-15/h8,12,14-16H,3-7,9-11H2,1-2H3. The Balaban J connectivity index is 1.71. The highest BCUT2D eigenvalue weighted by Gasteiger charge is 2.19. The molecule has 0 aromatic carbocycles. The first-order chi connectivity index (χ1) is 7.74. The molecule has 1 fully saturated rings. The lowest BCUT2D eigenvalue weighted by molar-refractivity contribution is 0.319. The maximum atomic E-state index is 3.81. The minimum atomic E-state index is 0.798. The van der Waals surface area contributed by atoms with E-state index in [0.29, 0.717) is 0 Å². The summed E-state index contributed by atoms with van der Waals surface area (Å²) in [5.74, 6) is 1.69. The first kappa shape index (κ1) is 12.2. The van der Waals surface area contributed by atoms with E-state index < -0.39 is 0 Å². The summed E-state index contributed by atoms with van der Waals surface area (Å²) in [6.07, 6.45) is 12.3. The molecule has 92 valence electrons. The zero-order valence-electron chi connectivity index (χ0n) is 11.0. The summed E-state index contributed by atoms with van der Waals surface area (Å²) >= 11 is 0. The number of hydrogen-bond donors (Lipinski definition) is 1. The molecule has 0 aliphatic heterocycles. The molecule has 0 bridgehead atoms. The summed E-state index contributed by atoms with van der Waals surface area (Å²) < 4.78 is 0. The number of nitrogens with one attached hydrogen (secondary N) is 1. The lowest BCUT2D eigenvalue weighted by atomic mass is 9.83. The minimum Gasteiger partial charge on any atom is -0.314 e. The molecule has 0 spiro atoms. The zero-order valence-corrected chi connectivity index (χ0v) is 11.0. The minimum absolute atomic E-state index is 0.798. The van der Waals surface area contributed by atoms with Crippen molar-refractivity contribution in [2.75, 3.05) is 6.54 Å². The van der Waals surface area contributed by atoms with Gasteiger partial charge in [-0.05, 0) is 51.0 Å². The Morgan fingerprint density at radius 1 is 1.25 bits per heavy atom. The molecule has 0 aromatic rings. The zero-order chi connectivity index (χ0) is 11.4. The Labute approximate surface area is 101 Å². The van der Waals surface area contributed by atoms with Crippen molar-refractivity contribution in [2.45, 2.75) is 64.8 Å². The Hall–Kier alpha value is -0.300. The largest absolute Gasteiger partial charge is 0.314 e. The third kappa shape index (κ3) is 3.62. The van der Waals surface area contributed by atoms with Crippen LogP contribution in [0.4, 0.5) is 0 Å². The van der Waals surface area contributed by atoms with Crippen LogP contribution in [0.15, 0.2) is 11.6 Å². The van der Waals surface area contributed by atoms with Gasteiger partial charge in [-0.2, -0.15) is 0 Å². The third-order valence-corrected chi connectivity index (χ3v) is 4.19. The molecule has 0 radical (unpaired) electrons. The van der Waals surface area contributed by atoms with Crippen molar-refractivity contribution >= 4 is 0 Å². The van der Waals surface area contributed by atoms with Gasteiger partial charge in [-0.15, -0.1) is 0 Å². The Bertz CT molecular complexity index is 238. The molecule has 2 atom stereocenters. The van der Waals surface area contributed by atoms with Crippen molar-refractivity contribution in [1.82, 2.24) is 5.32 Å². The van der Waals surface area contributed by atoms with E-state index in [1.54, 1.807) is 5.57 Å². The molecule has 1 saturated carbocycles. The molecule has 2 unspecified atom stereocenters. The molecular formula is C15H27N. The van der Waals surface area contributed by atoms with Crippen LogP contribution in [0.2, 0.25) is 0 Å². The van der Waals surface area contributed by atoms with E-state index in [2.05, 4.69) is 25.2 Å². The predicted molar refractivity (Wildman–Crippen MR) is 70.5 cm³/mol. The van der Waals surface area contributed by atoms with Crippen LogP contribution >= 0.6 is 0 Å². The van der Waals surface area contributed by atoms with Crippen molar-refractivity contribution in [3.05, 3.63) is 11.6 Å². The van der Waals surface area contributed by atoms with E-state index in [1.165, 1.54) is 51.5 Å². The predicted octanol–water partition coefficient (Wildman–Crippen LogP) is 3.90. The second-order valence-corrected chi connectivity index (χ2v) is 6.04. The van der Waals surface area contributed by atoms with E-state index in [9.17, 15) is 0 Å². The molecule has 0 heterocycles. The monoisotopic (exact) mass is 221 g/mol. The molecule has 2 aliphatic carbocycles. The first-order valence-corrected chi connectivity index (χ1v) is 7.14. The van der Waals surface area contributed by atoms with Gasteiger partial charge < -0.3 is 5.32 Å².